The normalized spacial score (nSPS) is 10.2. The SMILES string of the molecule is [c]1ccc2[nH][c]cc2c1. The highest BCUT2D eigenvalue weighted by atomic mass is 14.6. The fourth-order valence-electron chi connectivity index (χ4n) is 0.868. The van der Waals surface area contributed by atoms with Gasteiger partial charge in [-0.3, -0.25) is 0 Å². The Morgan fingerprint density at radius 3 is 3.22 bits per heavy atom. The van der Waals surface area contributed by atoms with Gasteiger partial charge in [0.05, 0.1) is 6.20 Å². The lowest BCUT2D eigenvalue weighted by atomic mass is 10.3. The third-order valence-electron chi connectivity index (χ3n) is 1.33. The summed E-state index contributed by atoms with van der Waals surface area (Å²) in [6.45, 7) is 0. The van der Waals surface area contributed by atoms with Crippen LogP contribution in [-0.2, 0) is 0 Å². The van der Waals surface area contributed by atoms with Gasteiger partial charge in [-0.2, -0.15) is 0 Å². The maximum absolute atomic E-state index is 2.98. The Hall–Kier alpha value is -1.24. The number of H-pyrrole nitrogens is 1. The van der Waals surface area contributed by atoms with E-state index >= 15 is 0 Å². The first-order chi connectivity index (χ1) is 4.47. The monoisotopic (exact) mass is 115 g/mol. The second kappa shape index (κ2) is 1.62. The zero-order valence-electron chi connectivity index (χ0n) is 4.81. The summed E-state index contributed by atoms with van der Waals surface area (Å²) in [4.78, 5) is 2.97. The van der Waals surface area contributed by atoms with Crippen molar-refractivity contribution in [2.24, 2.45) is 0 Å². The van der Waals surface area contributed by atoms with Crippen molar-refractivity contribution in [2.45, 2.75) is 0 Å². The second-order valence-corrected chi connectivity index (χ2v) is 1.93. The van der Waals surface area contributed by atoms with Gasteiger partial charge in [-0.15, -0.1) is 0 Å². The summed E-state index contributed by atoms with van der Waals surface area (Å²) in [5.74, 6) is 0. The van der Waals surface area contributed by atoms with Crippen molar-refractivity contribution in [1.82, 2.24) is 4.98 Å². The van der Waals surface area contributed by atoms with Crippen LogP contribution in [0.25, 0.3) is 10.9 Å². The molecule has 0 fully saturated rings. The molecule has 0 bridgehead atoms. The molecule has 0 amide bonds. The van der Waals surface area contributed by atoms with Crippen molar-refractivity contribution in [3.05, 3.63) is 36.5 Å². The molecule has 2 rings (SSSR count). The molecule has 1 aromatic carbocycles. The van der Waals surface area contributed by atoms with Crippen molar-refractivity contribution >= 4 is 10.9 Å². The topological polar surface area (TPSA) is 15.8 Å². The zero-order chi connectivity index (χ0) is 6.10. The van der Waals surface area contributed by atoms with E-state index in [0.29, 0.717) is 0 Å². The average molecular weight is 115 g/mol. The quantitative estimate of drug-likeness (QED) is 0.538. The molecule has 0 saturated heterocycles. The Labute approximate surface area is 53.3 Å². The third kappa shape index (κ3) is 0.617. The van der Waals surface area contributed by atoms with Crippen LogP contribution < -0.4 is 0 Å². The number of aromatic nitrogens is 1. The van der Waals surface area contributed by atoms with Crippen LogP contribution in [0.3, 0.4) is 0 Å². The zero-order valence-corrected chi connectivity index (χ0v) is 4.81. The molecular formula is C8H5N. The lowest BCUT2D eigenvalue weighted by molar-refractivity contribution is 1.46. The molecule has 0 aliphatic carbocycles. The van der Waals surface area contributed by atoms with Gasteiger partial charge in [0.2, 0.25) is 0 Å². The van der Waals surface area contributed by atoms with E-state index in [2.05, 4.69) is 17.2 Å². The number of hydrogen-bond acceptors (Lipinski definition) is 0. The molecule has 1 aromatic heterocycles. The van der Waals surface area contributed by atoms with Gasteiger partial charge < -0.3 is 4.98 Å². The first kappa shape index (κ1) is 4.62. The van der Waals surface area contributed by atoms with E-state index < -0.39 is 0 Å². The second-order valence-electron chi connectivity index (χ2n) is 1.93. The molecule has 9 heavy (non-hydrogen) atoms. The minimum Gasteiger partial charge on any atom is -0.353 e. The van der Waals surface area contributed by atoms with E-state index in [1.54, 1.807) is 0 Å². The van der Waals surface area contributed by atoms with E-state index in [4.69, 9.17) is 0 Å². The molecule has 0 saturated carbocycles. The summed E-state index contributed by atoms with van der Waals surface area (Å²) in [6, 6.07) is 10.7. The van der Waals surface area contributed by atoms with Crippen LogP contribution >= 0.6 is 0 Å². The van der Waals surface area contributed by atoms with E-state index in [-0.39, 0.29) is 0 Å². The van der Waals surface area contributed by atoms with Crippen molar-refractivity contribution in [2.75, 3.05) is 0 Å². The summed E-state index contributed by atoms with van der Waals surface area (Å²) < 4.78 is 0. The highest BCUT2D eigenvalue weighted by Crippen LogP contribution is 2.08. The van der Waals surface area contributed by atoms with Crippen LogP contribution in [0.1, 0.15) is 0 Å². The summed E-state index contributed by atoms with van der Waals surface area (Å²) in [5, 5.41) is 1.16. The summed E-state index contributed by atoms with van der Waals surface area (Å²) in [7, 11) is 0. The fraction of sp³-hybridized carbons (Fsp3) is 0. The lowest BCUT2D eigenvalue weighted by Crippen LogP contribution is -1.62. The van der Waals surface area contributed by atoms with E-state index in [0.717, 1.165) is 10.9 Å². The van der Waals surface area contributed by atoms with Gasteiger partial charge in [0, 0.05) is 10.9 Å². The molecule has 0 aliphatic heterocycles. The highest BCUT2D eigenvalue weighted by Gasteiger charge is 1.87. The Kier molecular flexibility index (Phi) is 0.833. The minimum atomic E-state index is 1.12. The predicted molar refractivity (Wildman–Crippen MR) is 36.0 cm³/mol. The smallest absolute Gasteiger partial charge is 0.0630 e. The molecule has 1 heteroatoms. The number of benzene rings is 1. The van der Waals surface area contributed by atoms with Gasteiger partial charge in [0.15, 0.2) is 0 Å². The van der Waals surface area contributed by atoms with Crippen LogP contribution in [0.2, 0.25) is 0 Å². The van der Waals surface area contributed by atoms with Crippen molar-refractivity contribution in [3.8, 4) is 0 Å². The predicted octanol–water partition coefficient (Wildman–Crippen LogP) is 1.77. The molecule has 1 heterocycles. The Bertz CT molecular complexity index is 279. The summed E-state index contributed by atoms with van der Waals surface area (Å²) in [5.41, 5.74) is 1.12. The molecule has 2 aromatic rings. The van der Waals surface area contributed by atoms with Crippen LogP contribution in [0.5, 0.6) is 0 Å². The van der Waals surface area contributed by atoms with E-state index in [9.17, 15) is 0 Å². The van der Waals surface area contributed by atoms with E-state index in [1.165, 1.54) is 0 Å². The van der Waals surface area contributed by atoms with E-state index in [1.807, 2.05) is 24.3 Å². The van der Waals surface area contributed by atoms with Gasteiger partial charge in [0.25, 0.3) is 0 Å². The highest BCUT2D eigenvalue weighted by molar-refractivity contribution is 5.78. The molecular weight excluding hydrogens is 110 g/mol. The molecule has 42 valence electrons. The number of nitrogens with one attached hydrogen (secondary N) is 1. The largest absolute Gasteiger partial charge is 0.353 e. The minimum absolute atomic E-state index is 1.12. The van der Waals surface area contributed by atoms with Gasteiger partial charge in [-0.25, -0.2) is 0 Å². The van der Waals surface area contributed by atoms with Crippen LogP contribution in [0.4, 0.5) is 0 Å². The molecule has 1 N–H and O–H groups in total. The maximum Gasteiger partial charge on any atom is 0.0630 e. The molecule has 0 aliphatic rings. The van der Waals surface area contributed by atoms with Crippen LogP contribution in [-0.4, -0.2) is 4.98 Å². The number of rotatable bonds is 0. The van der Waals surface area contributed by atoms with Crippen LogP contribution in [0, 0.1) is 12.3 Å². The van der Waals surface area contributed by atoms with Crippen molar-refractivity contribution in [1.29, 1.82) is 0 Å². The Morgan fingerprint density at radius 2 is 2.33 bits per heavy atom. The third-order valence-corrected chi connectivity index (χ3v) is 1.33. The number of aromatic amines is 1. The van der Waals surface area contributed by atoms with Crippen molar-refractivity contribution < 1.29 is 0 Å². The Balaban J connectivity index is 2.95. The van der Waals surface area contributed by atoms with Gasteiger partial charge in [-0.05, 0) is 24.3 Å². The van der Waals surface area contributed by atoms with Gasteiger partial charge in [-0.1, -0.05) is 6.07 Å². The maximum atomic E-state index is 2.98. The molecule has 2 radical (unpaired) electrons. The number of fused-ring (bicyclic) bond motifs is 1. The summed E-state index contributed by atoms with van der Waals surface area (Å²) in [6.07, 6.45) is 2.89. The molecule has 0 unspecified atom stereocenters. The number of hydrogen-bond donors (Lipinski definition) is 1. The van der Waals surface area contributed by atoms with Crippen LogP contribution in [0.15, 0.2) is 24.3 Å². The Morgan fingerprint density at radius 1 is 1.33 bits per heavy atom. The lowest BCUT2D eigenvalue weighted by Gasteiger charge is -1.82. The fourth-order valence-corrected chi connectivity index (χ4v) is 0.868. The van der Waals surface area contributed by atoms with Gasteiger partial charge >= 0.3 is 0 Å². The standard InChI is InChI=1S/C8H5N/c1-2-4-8-7(3-1)5-6-9-8/h2-5,9H. The first-order valence-corrected chi connectivity index (χ1v) is 2.82. The molecule has 0 spiro atoms. The average Bonchev–Trinajstić information content (AvgIpc) is 2.33. The first-order valence-electron chi connectivity index (χ1n) is 2.82. The molecule has 0 atom stereocenters. The van der Waals surface area contributed by atoms with Crippen molar-refractivity contribution in [3.63, 3.8) is 0 Å². The van der Waals surface area contributed by atoms with Gasteiger partial charge in [0.1, 0.15) is 0 Å². The molecule has 1 nitrogen and oxygen atoms in total. The summed E-state index contributed by atoms with van der Waals surface area (Å²) >= 11 is 0.